The van der Waals surface area contributed by atoms with Gasteiger partial charge in [-0.05, 0) is 19.8 Å². The van der Waals surface area contributed by atoms with Crippen molar-refractivity contribution < 1.29 is 4.79 Å². The van der Waals surface area contributed by atoms with E-state index in [2.05, 4.69) is 20.4 Å². The van der Waals surface area contributed by atoms with Crippen molar-refractivity contribution in [1.82, 2.24) is 24.6 Å². The Morgan fingerprint density at radius 1 is 1.52 bits per heavy atom. The van der Waals surface area contributed by atoms with Gasteiger partial charge >= 0.3 is 0 Å². The first kappa shape index (κ1) is 14.2. The van der Waals surface area contributed by atoms with Crippen molar-refractivity contribution in [3.8, 4) is 0 Å². The number of aryl methyl sites for hydroxylation is 2. The number of carbonyl (C=O) groups is 1. The third kappa shape index (κ3) is 3.47. The lowest BCUT2D eigenvalue weighted by molar-refractivity contribution is -0.132. The fourth-order valence-corrected chi connectivity index (χ4v) is 3.61. The highest BCUT2D eigenvalue weighted by atomic mass is 32.1. The molecule has 0 unspecified atom stereocenters. The number of thiazole rings is 1. The second-order valence-corrected chi connectivity index (χ2v) is 6.30. The van der Waals surface area contributed by atoms with Gasteiger partial charge in [-0.3, -0.25) is 9.48 Å². The summed E-state index contributed by atoms with van der Waals surface area (Å²) in [6, 6.07) is 0. The van der Waals surface area contributed by atoms with Crippen LogP contribution in [0.5, 0.6) is 0 Å². The van der Waals surface area contributed by atoms with Gasteiger partial charge in [-0.2, -0.15) is 5.10 Å². The summed E-state index contributed by atoms with van der Waals surface area (Å²) in [6.45, 7) is 4.26. The smallest absolute Gasteiger partial charge is 0.224 e. The lowest BCUT2D eigenvalue weighted by atomic mass is 9.98. The number of carbonyl (C=O) groups excluding carboxylic acids is 1. The Morgan fingerprint density at radius 2 is 2.43 bits per heavy atom. The molecule has 1 atom stereocenters. The molecule has 2 aromatic rings. The molecule has 0 radical (unpaired) electrons. The minimum atomic E-state index is 0.198. The second-order valence-electron chi connectivity index (χ2n) is 5.41. The van der Waals surface area contributed by atoms with Crippen molar-refractivity contribution in [1.29, 1.82) is 0 Å². The fraction of sp³-hybridized carbons (Fsp3) is 0.571. The third-order valence-electron chi connectivity index (χ3n) is 3.78. The van der Waals surface area contributed by atoms with Gasteiger partial charge in [-0.25, -0.2) is 9.97 Å². The molecule has 0 spiro atoms. The number of nitrogens with zero attached hydrogens (tertiary/aromatic N) is 5. The van der Waals surface area contributed by atoms with E-state index in [0.717, 1.165) is 31.6 Å². The van der Waals surface area contributed by atoms with Crippen molar-refractivity contribution in [2.24, 2.45) is 0 Å². The quantitative estimate of drug-likeness (QED) is 0.864. The molecule has 0 saturated carbocycles. The van der Waals surface area contributed by atoms with Crippen LogP contribution in [0.3, 0.4) is 0 Å². The van der Waals surface area contributed by atoms with Gasteiger partial charge in [0.05, 0.1) is 11.6 Å². The number of amides is 1. The molecule has 3 rings (SSSR count). The van der Waals surface area contributed by atoms with Gasteiger partial charge in [0.1, 0.15) is 12.7 Å². The minimum Gasteiger partial charge on any atom is -0.342 e. The average Bonchev–Trinajstić information content (AvgIpc) is 3.16. The SMILES string of the molecule is Cc1csc([C@H]2CCCN(C(=O)CCn3cncn3)C2)n1. The van der Waals surface area contributed by atoms with E-state index in [1.807, 2.05) is 11.8 Å². The first-order chi connectivity index (χ1) is 10.2. The van der Waals surface area contributed by atoms with Crippen LogP contribution in [-0.4, -0.2) is 43.6 Å². The summed E-state index contributed by atoms with van der Waals surface area (Å²) < 4.78 is 1.70. The van der Waals surface area contributed by atoms with Gasteiger partial charge in [-0.15, -0.1) is 11.3 Å². The molecule has 1 saturated heterocycles. The highest BCUT2D eigenvalue weighted by Gasteiger charge is 2.26. The number of hydrogen-bond acceptors (Lipinski definition) is 5. The number of rotatable bonds is 4. The summed E-state index contributed by atoms with van der Waals surface area (Å²) in [5.74, 6) is 0.594. The zero-order valence-corrected chi connectivity index (χ0v) is 12.9. The first-order valence-electron chi connectivity index (χ1n) is 7.24. The molecule has 7 heteroatoms. The van der Waals surface area contributed by atoms with Gasteiger partial charge in [0, 0.05) is 36.5 Å². The highest BCUT2D eigenvalue weighted by Crippen LogP contribution is 2.29. The maximum atomic E-state index is 12.3. The molecule has 0 aromatic carbocycles. The zero-order valence-electron chi connectivity index (χ0n) is 12.1. The predicted molar refractivity (Wildman–Crippen MR) is 80.0 cm³/mol. The van der Waals surface area contributed by atoms with E-state index in [-0.39, 0.29) is 5.91 Å². The zero-order chi connectivity index (χ0) is 14.7. The van der Waals surface area contributed by atoms with E-state index >= 15 is 0 Å². The van der Waals surface area contributed by atoms with Crippen molar-refractivity contribution in [3.63, 3.8) is 0 Å². The van der Waals surface area contributed by atoms with Gasteiger partial charge in [0.25, 0.3) is 0 Å². The Kier molecular flexibility index (Phi) is 4.28. The van der Waals surface area contributed by atoms with Crippen molar-refractivity contribution in [3.05, 3.63) is 28.7 Å². The Bertz CT molecular complexity index is 594. The standard InChI is InChI=1S/C14H19N5OS/c1-11-8-21-14(17-11)12-3-2-5-18(7-12)13(20)4-6-19-10-15-9-16-19/h8-10,12H,2-7H2,1H3/t12-/m0/s1. The van der Waals surface area contributed by atoms with Crippen LogP contribution in [0.15, 0.2) is 18.0 Å². The molecule has 112 valence electrons. The Labute approximate surface area is 127 Å². The summed E-state index contributed by atoms with van der Waals surface area (Å²) in [4.78, 5) is 22.8. The van der Waals surface area contributed by atoms with Gasteiger partial charge in [0.2, 0.25) is 5.91 Å². The Hall–Kier alpha value is -1.76. The Balaban J connectivity index is 1.56. The van der Waals surface area contributed by atoms with Crippen molar-refractivity contribution in [2.75, 3.05) is 13.1 Å². The molecule has 1 amide bonds. The monoisotopic (exact) mass is 305 g/mol. The summed E-state index contributed by atoms with van der Waals surface area (Å²) >= 11 is 1.71. The molecule has 1 fully saturated rings. The first-order valence-corrected chi connectivity index (χ1v) is 8.12. The molecule has 1 aliphatic heterocycles. The van der Waals surface area contributed by atoms with E-state index < -0.39 is 0 Å². The lowest BCUT2D eigenvalue weighted by Crippen LogP contribution is -2.39. The largest absolute Gasteiger partial charge is 0.342 e. The molecule has 2 aromatic heterocycles. The second kappa shape index (κ2) is 6.34. The van der Waals surface area contributed by atoms with E-state index in [4.69, 9.17) is 0 Å². The summed E-state index contributed by atoms with van der Waals surface area (Å²) in [5.41, 5.74) is 1.07. The summed E-state index contributed by atoms with van der Waals surface area (Å²) in [5, 5.41) is 7.28. The predicted octanol–water partition coefficient (Wildman–Crippen LogP) is 1.84. The molecule has 0 aliphatic carbocycles. The van der Waals surface area contributed by atoms with E-state index in [1.165, 1.54) is 11.3 Å². The minimum absolute atomic E-state index is 0.198. The van der Waals surface area contributed by atoms with Crippen LogP contribution in [0.1, 0.15) is 35.9 Å². The van der Waals surface area contributed by atoms with Crippen LogP contribution in [0.25, 0.3) is 0 Å². The van der Waals surface area contributed by atoms with Crippen LogP contribution in [-0.2, 0) is 11.3 Å². The van der Waals surface area contributed by atoms with E-state index in [9.17, 15) is 4.79 Å². The third-order valence-corrected chi connectivity index (χ3v) is 4.91. The van der Waals surface area contributed by atoms with Gasteiger partial charge in [0.15, 0.2) is 0 Å². The van der Waals surface area contributed by atoms with Crippen LogP contribution in [0.2, 0.25) is 0 Å². The summed E-state index contributed by atoms with van der Waals surface area (Å²) in [7, 11) is 0. The average molecular weight is 305 g/mol. The normalized spacial score (nSPS) is 18.9. The topological polar surface area (TPSA) is 63.9 Å². The number of aromatic nitrogens is 4. The van der Waals surface area contributed by atoms with Gasteiger partial charge in [-0.1, -0.05) is 0 Å². The summed E-state index contributed by atoms with van der Waals surface area (Å²) in [6.07, 6.45) is 5.79. The number of likely N-dealkylation sites (tertiary alicyclic amines) is 1. The van der Waals surface area contributed by atoms with E-state index in [1.54, 1.807) is 22.3 Å². The van der Waals surface area contributed by atoms with Crippen molar-refractivity contribution >= 4 is 17.2 Å². The maximum Gasteiger partial charge on any atom is 0.224 e. The fourth-order valence-electron chi connectivity index (χ4n) is 2.68. The van der Waals surface area contributed by atoms with Crippen LogP contribution < -0.4 is 0 Å². The molecule has 0 bridgehead atoms. The lowest BCUT2D eigenvalue weighted by Gasteiger charge is -2.32. The van der Waals surface area contributed by atoms with Crippen LogP contribution in [0.4, 0.5) is 0 Å². The van der Waals surface area contributed by atoms with Crippen molar-refractivity contribution in [2.45, 2.75) is 38.6 Å². The molecular weight excluding hydrogens is 286 g/mol. The molecule has 1 aliphatic rings. The molecule has 21 heavy (non-hydrogen) atoms. The van der Waals surface area contributed by atoms with Crippen LogP contribution >= 0.6 is 11.3 Å². The van der Waals surface area contributed by atoms with Crippen LogP contribution in [0, 0.1) is 6.92 Å². The number of piperidine rings is 1. The molecule has 6 nitrogen and oxygen atoms in total. The molecular formula is C14H19N5OS. The van der Waals surface area contributed by atoms with Gasteiger partial charge < -0.3 is 4.90 Å². The molecule has 0 N–H and O–H groups in total. The maximum absolute atomic E-state index is 12.3. The number of hydrogen-bond donors (Lipinski definition) is 0. The highest BCUT2D eigenvalue weighted by molar-refractivity contribution is 7.09. The molecule has 3 heterocycles. The Morgan fingerprint density at radius 3 is 3.14 bits per heavy atom. The van der Waals surface area contributed by atoms with E-state index in [0.29, 0.717) is 18.9 Å².